The lowest BCUT2D eigenvalue weighted by Gasteiger charge is -2.24. The summed E-state index contributed by atoms with van der Waals surface area (Å²) in [6.45, 7) is 3.36. The van der Waals surface area contributed by atoms with Gasteiger partial charge in [0.15, 0.2) is 11.5 Å². The zero-order valence-electron chi connectivity index (χ0n) is 31.5. The number of anilines is 2. The van der Waals surface area contributed by atoms with Crippen LogP contribution in [0.2, 0.25) is 0 Å². The van der Waals surface area contributed by atoms with Crippen molar-refractivity contribution in [2.75, 3.05) is 30.7 Å². The lowest BCUT2D eigenvalue weighted by molar-refractivity contribution is -0.140. The molecule has 16 heteroatoms. The summed E-state index contributed by atoms with van der Waals surface area (Å²) in [5.74, 6) is -0.893. The number of ether oxygens (including phenoxy) is 3. The summed E-state index contributed by atoms with van der Waals surface area (Å²) < 4.78 is 45.1. The molecule has 5 rings (SSSR count). The van der Waals surface area contributed by atoms with Gasteiger partial charge < -0.3 is 35.1 Å². The largest absolute Gasteiger partial charge is 0.493 e. The van der Waals surface area contributed by atoms with Gasteiger partial charge in [-0.3, -0.25) is 28.4 Å². The second kappa shape index (κ2) is 18.2. The van der Waals surface area contributed by atoms with Crippen molar-refractivity contribution in [1.29, 1.82) is 0 Å². The molecule has 55 heavy (non-hydrogen) atoms. The highest BCUT2D eigenvalue weighted by atomic mass is 32.2. The number of hydrogen-bond acceptors (Lipinski definition) is 12. The molecule has 294 valence electrons. The van der Waals surface area contributed by atoms with E-state index < -0.39 is 34.0 Å². The third-order valence-corrected chi connectivity index (χ3v) is 9.71. The van der Waals surface area contributed by atoms with Crippen LogP contribution in [0, 0.1) is 0 Å². The van der Waals surface area contributed by atoms with Gasteiger partial charge >= 0.3 is 5.97 Å². The minimum Gasteiger partial charge on any atom is -0.493 e. The third kappa shape index (κ3) is 11.3. The van der Waals surface area contributed by atoms with E-state index in [0.29, 0.717) is 47.7 Å². The van der Waals surface area contributed by atoms with Crippen LogP contribution in [-0.4, -0.2) is 76.9 Å². The van der Waals surface area contributed by atoms with Gasteiger partial charge in [-0.2, -0.15) is 8.42 Å². The van der Waals surface area contributed by atoms with Crippen LogP contribution in [0.1, 0.15) is 61.8 Å². The highest BCUT2D eigenvalue weighted by molar-refractivity contribution is 7.85. The van der Waals surface area contributed by atoms with Crippen molar-refractivity contribution in [3.63, 3.8) is 0 Å². The van der Waals surface area contributed by atoms with E-state index in [9.17, 15) is 27.6 Å². The molecule has 0 aliphatic carbocycles. The molecule has 3 atom stereocenters. The Balaban J connectivity index is 1.24. The van der Waals surface area contributed by atoms with Crippen LogP contribution in [0.3, 0.4) is 0 Å². The molecule has 2 aliphatic rings. The van der Waals surface area contributed by atoms with Crippen molar-refractivity contribution in [3.8, 4) is 11.5 Å². The number of benzene rings is 3. The molecule has 3 N–H and O–H groups in total. The molecular formula is C39H47N5O10S. The van der Waals surface area contributed by atoms with Gasteiger partial charge in [-0.15, -0.1) is 0 Å². The number of unbranched alkanes of at least 4 members (excludes halogenated alkanes) is 1. The van der Waals surface area contributed by atoms with E-state index in [0.717, 1.165) is 23.9 Å². The summed E-state index contributed by atoms with van der Waals surface area (Å²) in [4.78, 5) is 56.7. The summed E-state index contributed by atoms with van der Waals surface area (Å²) in [6.07, 6.45) is 5.01. The molecule has 0 aromatic heterocycles. The molecule has 0 radical (unpaired) electrons. The fourth-order valence-corrected chi connectivity index (χ4v) is 6.65. The van der Waals surface area contributed by atoms with E-state index in [1.165, 1.54) is 32.2 Å². The van der Waals surface area contributed by atoms with E-state index >= 15 is 0 Å². The molecule has 15 nitrogen and oxygen atoms in total. The predicted molar refractivity (Wildman–Crippen MR) is 206 cm³/mol. The van der Waals surface area contributed by atoms with Crippen LogP contribution in [0.15, 0.2) is 59.6 Å². The first kappa shape index (κ1) is 40.7. The standard InChI is InChI=1S/C39H47N5O10S/c1-24(41-36(45)12-8-9-13-37(46)52-4)38(47)42-25(2)39(48)43-30-15-26(14-27(16-30)23-54-55(5,49)50)22-53-35-19-32-29(18-34(35)51-3)21-44-31(20-40-32)17-28-10-6-7-11-33(28)44/h6-7,10-11,14-16,18-20,24-25,31H,8-9,12-13,17,21-23H2,1-5H3,(H,41,45)(H,42,47)(H,43,48)/t24-,25-,31-/m0/s1. The molecule has 3 amide bonds. The number of esters is 1. The van der Waals surface area contributed by atoms with Gasteiger partial charge in [-0.05, 0) is 80.1 Å². The Morgan fingerprint density at radius 1 is 0.873 bits per heavy atom. The van der Waals surface area contributed by atoms with Crippen LogP contribution in [-0.2, 0) is 64.4 Å². The van der Waals surface area contributed by atoms with E-state index in [4.69, 9.17) is 18.6 Å². The zero-order chi connectivity index (χ0) is 39.7. The maximum atomic E-state index is 13.2. The smallest absolute Gasteiger partial charge is 0.305 e. The number of aliphatic imine (C=N–C) groups is 1. The fourth-order valence-electron chi connectivity index (χ4n) is 6.30. The quantitative estimate of drug-likeness (QED) is 0.102. The number of fused-ring (bicyclic) bond motifs is 4. The van der Waals surface area contributed by atoms with Crippen LogP contribution in [0.5, 0.6) is 11.5 Å². The molecule has 0 saturated heterocycles. The van der Waals surface area contributed by atoms with Gasteiger partial charge in [0.25, 0.3) is 10.1 Å². The maximum Gasteiger partial charge on any atom is 0.305 e. The van der Waals surface area contributed by atoms with Crippen molar-refractivity contribution in [1.82, 2.24) is 10.6 Å². The minimum atomic E-state index is -3.77. The van der Waals surface area contributed by atoms with Crippen molar-refractivity contribution >= 4 is 57.1 Å². The highest BCUT2D eigenvalue weighted by Crippen LogP contribution is 2.41. The van der Waals surface area contributed by atoms with Crippen molar-refractivity contribution in [3.05, 3.63) is 76.9 Å². The molecule has 0 spiro atoms. The number of nitrogens with one attached hydrogen (secondary N) is 3. The lowest BCUT2D eigenvalue weighted by Crippen LogP contribution is -2.50. The Labute approximate surface area is 320 Å². The number of para-hydroxylation sites is 1. The second-order valence-corrected chi connectivity index (χ2v) is 15.2. The number of hydrogen-bond donors (Lipinski definition) is 3. The summed E-state index contributed by atoms with van der Waals surface area (Å²) in [7, 11) is -0.917. The average molecular weight is 778 g/mol. The number of carbonyl (C=O) groups excluding carboxylic acids is 4. The SMILES string of the molecule is COC(=O)CCCCC(=O)N[C@@H](C)C(=O)N[C@@H](C)C(=O)Nc1cc(COc2cc3c(cc2OC)CN2c4ccccc4C[C@H]2C=N3)cc(COS(C)(=O)=O)c1. The molecule has 0 bridgehead atoms. The number of methoxy groups -OCH3 is 2. The second-order valence-electron chi connectivity index (χ2n) is 13.5. The van der Waals surface area contributed by atoms with Gasteiger partial charge in [0.05, 0.1) is 38.8 Å². The minimum absolute atomic E-state index is 0.0166. The summed E-state index contributed by atoms with van der Waals surface area (Å²) >= 11 is 0. The van der Waals surface area contributed by atoms with Gasteiger partial charge in [0, 0.05) is 48.6 Å². The molecular weight excluding hydrogens is 731 g/mol. The van der Waals surface area contributed by atoms with Crippen molar-refractivity contribution in [2.45, 2.75) is 83.8 Å². The molecule has 3 aromatic carbocycles. The lowest BCUT2D eigenvalue weighted by atomic mass is 10.1. The monoisotopic (exact) mass is 777 g/mol. The van der Waals surface area contributed by atoms with Gasteiger partial charge in [-0.1, -0.05) is 18.2 Å². The number of carbonyl (C=O) groups is 4. The van der Waals surface area contributed by atoms with E-state index in [2.05, 4.69) is 37.7 Å². The van der Waals surface area contributed by atoms with Gasteiger partial charge in [0.2, 0.25) is 17.7 Å². The van der Waals surface area contributed by atoms with E-state index in [-0.39, 0.29) is 44.0 Å². The molecule has 2 aliphatic heterocycles. The molecule has 2 heterocycles. The van der Waals surface area contributed by atoms with Crippen molar-refractivity contribution in [2.24, 2.45) is 4.99 Å². The van der Waals surface area contributed by atoms with Crippen LogP contribution in [0.4, 0.5) is 17.1 Å². The zero-order valence-corrected chi connectivity index (χ0v) is 32.4. The van der Waals surface area contributed by atoms with Gasteiger partial charge in [0.1, 0.15) is 18.7 Å². The number of nitrogens with zero attached hydrogens (tertiary/aromatic N) is 2. The summed E-state index contributed by atoms with van der Waals surface area (Å²) in [6, 6.07) is 15.2. The third-order valence-electron chi connectivity index (χ3n) is 9.16. The molecule has 3 aromatic rings. The van der Waals surface area contributed by atoms with Crippen molar-refractivity contribution < 1.29 is 46.0 Å². The summed E-state index contributed by atoms with van der Waals surface area (Å²) in [5.41, 5.74) is 5.55. The Kier molecular flexibility index (Phi) is 13.5. The first-order valence-electron chi connectivity index (χ1n) is 17.9. The van der Waals surface area contributed by atoms with Gasteiger partial charge in [-0.25, -0.2) is 0 Å². The molecule has 0 fully saturated rings. The molecule has 0 saturated carbocycles. The van der Waals surface area contributed by atoms with Crippen LogP contribution < -0.4 is 30.3 Å². The topological polar surface area (TPSA) is 191 Å². The normalized spacial score (nSPS) is 15.4. The fraction of sp³-hybridized carbons (Fsp3) is 0.410. The maximum absolute atomic E-state index is 13.2. The number of rotatable bonds is 17. The Morgan fingerprint density at radius 2 is 1.58 bits per heavy atom. The predicted octanol–water partition coefficient (Wildman–Crippen LogP) is 4.08. The number of amides is 3. The van der Waals surface area contributed by atoms with Crippen LogP contribution in [0.25, 0.3) is 0 Å². The Morgan fingerprint density at radius 3 is 2.31 bits per heavy atom. The Hall–Kier alpha value is -5.48. The average Bonchev–Trinajstić information content (AvgIpc) is 3.40. The molecule has 0 unspecified atom stereocenters. The van der Waals surface area contributed by atoms with Crippen LogP contribution >= 0.6 is 0 Å². The highest BCUT2D eigenvalue weighted by Gasteiger charge is 2.30. The van der Waals surface area contributed by atoms with E-state index in [1.807, 2.05) is 30.5 Å². The van der Waals surface area contributed by atoms with E-state index in [1.54, 1.807) is 25.3 Å². The first-order chi connectivity index (χ1) is 26.2. The summed E-state index contributed by atoms with van der Waals surface area (Å²) in [5, 5.41) is 7.94. The first-order valence-corrected chi connectivity index (χ1v) is 19.7. The Bertz CT molecular complexity index is 2050.